The lowest BCUT2D eigenvalue weighted by Crippen LogP contribution is -2.27. The van der Waals surface area contributed by atoms with Crippen LogP contribution in [-0.2, 0) is 19.1 Å². The van der Waals surface area contributed by atoms with Gasteiger partial charge in [0.05, 0.1) is 23.7 Å². The molecule has 2 aromatic carbocycles. The number of carbonyl (C=O) groups excluding carboxylic acids is 3. The second-order valence-electron chi connectivity index (χ2n) is 5.63. The molecule has 0 saturated carbocycles. The number of nitrogens with zero attached hydrogens (tertiary/aromatic N) is 1. The molecule has 0 N–H and O–H groups in total. The molecule has 28 heavy (non-hydrogen) atoms. The van der Waals surface area contributed by atoms with E-state index in [1.165, 1.54) is 30.3 Å². The molecule has 8 nitrogen and oxygen atoms in total. The van der Waals surface area contributed by atoms with Crippen LogP contribution in [0.5, 0.6) is 0 Å². The summed E-state index contributed by atoms with van der Waals surface area (Å²) in [5, 5.41) is 11.8. The highest BCUT2D eigenvalue weighted by molar-refractivity contribution is 6.12. The van der Waals surface area contributed by atoms with Crippen LogP contribution in [0.1, 0.15) is 41.3 Å². The summed E-state index contributed by atoms with van der Waals surface area (Å²) in [7, 11) is 0. The highest BCUT2D eigenvalue weighted by Crippen LogP contribution is 2.33. The van der Waals surface area contributed by atoms with Crippen LogP contribution in [0.4, 0.5) is 5.69 Å². The summed E-state index contributed by atoms with van der Waals surface area (Å²) in [6, 6.07) is 11.9. The first-order valence-electron chi connectivity index (χ1n) is 8.62. The molecule has 0 fully saturated rings. The summed E-state index contributed by atoms with van der Waals surface area (Å²) < 4.78 is 9.80. The maximum atomic E-state index is 12.8. The van der Waals surface area contributed by atoms with E-state index in [1.54, 1.807) is 32.0 Å². The number of nitro benzene ring substituents is 1. The first kappa shape index (κ1) is 20.8. The minimum absolute atomic E-state index is 0.0226. The van der Waals surface area contributed by atoms with E-state index in [0.29, 0.717) is 0 Å². The van der Waals surface area contributed by atoms with Crippen molar-refractivity contribution >= 4 is 23.4 Å². The monoisotopic (exact) mass is 385 g/mol. The van der Waals surface area contributed by atoms with Gasteiger partial charge in [0.15, 0.2) is 11.7 Å². The number of hydrogen-bond donors (Lipinski definition) is 0. The van der Waals surface area contributed by atoms with Crippen LogP contribution in [0.25, 0.3) is 0 Å². The second kappa shape index (κ2) is 9.40. The number of esters is 2. The zero-order valence-corrected chi connectivity index (χ0v) is 15.4. The van der Waals surface area contributed by atoms with Crippen molar-refractivity contribution in [1.82, 2.24) is 0 Å². The molecule has 0 unspecified atom stereocenters. The van der Waals surface area contributed by atoms with E-state index in [2.05, 4.69) is 0 Å². The number of carbonyl (C=O) groups is 3. The van der Waals surface area contributed by atoms with Crippen LogP contribution in [0.15, 0.2) is 48.5 Å². The average molecular weight is 385 g/mol. The molecule has 0 aromatic heterocycles. The molecule has 8 heteroatoms. The molecule has 0 bridgehead atoms. The Hall–Kier alpha value is -3.55. The molecular weight excluding hydrogens is 366 g/mol. The first-order chi connectivity index (χ1) is 13.4. The largest absolute Gasteiger partial charge is 0.465 e. The normalized spacial score (nSPS) is 10.4. The van der Waals surface area contributed by atoms with Crippen molar-refractivity contribution in [1.29, 1.82) is 0 Å². The number of ether oxygens (including phenoxy) is 2. The SMILES string of the molecule is CCOC(=O)C(C(=O)OCC)c1cccc(C(=O)c2ccccc2)c1[N+](=O)[O-]. The third-order valence-electron chi connectivity index (χ3n) is 3.89. The van der Waals surface area contributed by atoms with Gasteiger partial charge in [0.1, 0.15) is 5.56 Å². The Labute approximate surface area is 161 Å². The van der Waals surface area contributed by atoms with E-state index in [0.717, 1.165) is 0 Å². The van der Waals surface area contributed by atoms with Gasteiger partial charge in [0.25, 0.3) is 5.69 Å². The fourth-order valence-corrected chi connectivity index (χ4v) is 2.73. The maximum Gasteiger partial charge on any atom is 0.325 e. The molecule has 2 rings (SSSR count). The number of hydrogen-bond acceptors (Lipinski definition) is 7. The van der Waals surface area contributed by atoms with E-state index >= 15 is 0 Å². The summed E-state index contributed by atoms with van der Waals surface area (Å²) in [5.74, 6) is -4.22. The molecule has 0 aliphatic carbocycles. The molecule has 0 aliphatic heterocycles. The number of nitro groups is 1. The van der Waals surface area contributed by atoms with Gasteiger partial charge in [0.2, 0.25) is 0 Å². The summed E-state index contributed by atoms with van der Waals surface area (Å²) >= 11 is 0. The minimum atomic E-state index is -1.66. The van der Waals surface area contributed by atoms with Gasteiger partial charge >= 0.3 is 11.9 Å². The van der Waals surface area contributed by atoms with Crippen molar-refractivity contribution in [2.45, 2.75) is 19.8 Å². The predicted molar refractivity (Wildman–Crippen MR) is 99.0 cm³/mol. The predicted octanol–water partition coefficient (Wildman–Crippen LogP) is 3.04. The fourth-order valence-electron chi connectivity index (χ4n) is 2.73. The molecule has 146 valence electrons. The van der Waals surface area contributed by atoms with Gasteiger partial charge in [0, 0.05) is 5.56 Å². The maximum absolute atomic E-state index is 12.8. The van der Waals surface area contributed by atoms with Gasteiger partial charge in [-0.05, 0) is 19.9 Å². The van der Waals surface area contributed by atoms with Gasteiger partial charge in [-0.1, -0.05) is 42.5 Å². The number of para-hydroxylation sites is 1. The third kappa shape index (κ3) is 4.40. The van der Waals surface area contributed by atoms with Crippen LogP contribution in [0.3, 0.4) is 0 Å². The lowest BCUT2D eigenvalue weighted by Gasteiger charge is -2.16. The van der Waals surface area contributed by atoms with Crippen molar-refractivity contribution in [2.75, 3.05) is 13.2 Å². The lowest BCUT2D eigenvalue weighted by atomic mass is 9.92. The molecule has 0 aliphatic rings. The second-order valence-corrected chi connectivity index (χ2v) is 5.63. The van der Waals surface area contributed by atoms with E-state index in [-0.39, 0.29) is 29.9 Å². The third-order valence-corrected chi connectivity index (χ3v) is 3.89. The number of benzene rings is 2. The molecule has 0 spiro atoms. The van der Waals surface area contributed by atoms with Crippen LogP contribution in [-0.4, -0.2) is 35.9 Å². The summed E-state index contributed by atoms with van der Waals surface area (Å²) in [6.07, 6.45) is 0. The van der Waals surface area contributed by atoms with Crippen molar-refractivity contribution in [2.24, 2.45) is 0 Å². The number of rotatable bonds is 8. The van der Waals surface area contributed by atoms with Gasteiger partial charge in [-0.25, -0.2) is 0 Å². The van der Waals surface area contributed by atoms with E-state index in [1.807, 2.05) is 0 Å². The zero-order chi connectivity index (χ0) is 20.7. The Morgan fingerprint density at radius 2 is 1.50 bits per heavy atom. The van der Waals surface area contributed by atoms with Gasteiger partial charge in [-0.3, -0.25) is 24.5 Å². The van der Waals surface area contributed by atoms with Crippen molar-refractivity contribution in [3.05, 3.63) is 75.3 Å². The Morgan fingerprint density at radius 1 is 0.929 bits per heavy atom. The van der Waals surface area contributed by atoms with Crippen LogP contribution < -0.4 is 0 Å². The van der Waals surface area contributed by atoms with Crippen molar-refractivity contribution in [3.8, 4) is 0 Å². The number of ketones is 1. The van der Waals surface area contributed by atoms with E-state index < -0.39 is 34.3 Å². The Bertz CT molecular complexity index is 875. The van der Waals surface area contributed by atoms with Crippen LogP contribution >= 0.6 is 0 Å². The topological polar surface area (TPSA) is 113 Å². The Morgan fingerprint density at radius 3 is 2.00 bits per heavy atom. The van der Waals surface area contributed by atoms with Crippen LogP contribution in [0.2, 0.25) is 0 Å². The smallest absolute Gasteiger partial charge is 0.325 e. The first-order valence-corrected chi connectivity index (χ1v) is 8.62. The van der Waals surface area contributed by atoms with E-state index in [9.17, 15) is 24.5 Å². The molecule has 0 amide bonds. The summed E-state index contributed by atoms with van der Waals surface area (Å²) in [5.41, 5.74) is -0.856. The Balaban J connectivity index is 2.65. The molecular formula is C20H19NO7. The molecule has 2 aromatic rings. The molecule has 0 heterocycles. The van der Waals surface area contributed by atoms with Gasteiger partial charge in [-0.2, -0.15) is 0 Å². The van der Waals surface area contributed by atoms with Crippen molar-refractivity contribution < 1.29 is 28.8 Å². The van der Waals surface area contributed by atoms with Gasteiger partial charge < -0.3 is 9.47 Å². The Kier molecular flexibility index (Phi) is 6.97. The summed E-state index contributed by atoms with van der Waals surface area (Å²) in [6.45, 7) is 3.05. The lowest BCUT2D eigenvalue weighted by molar-refractivity contribution is -0.385. The minimum Gasteiger partial charge on any atom is -0.465 e. The zero-order valence-electron chi connectivity index (χ0n) is 15.4. The highest BCUT2D eigenvalue weighted by atomic mass is 16.6. The highest BCUT2D eigenvalue weighted by Gasteiger charge is 2.39. The quantitative estimate of drug-likeness (QED) is 0.226. The van der Waals surface area contributed by atoms with Crippen LogP contribution in [0, 0.1) is 10.1 Å². The summed E-state index contributed by atoms with van der Waals surface area (Å²) in [4.78, 5) is 48.5. The van der Waals surface area contributed by atoms with Crippen molar-refractivity contribution in [3.63, 3.8) is 0 Å². The molecule has 0 radical (unpaired) electrons. The average Bonchev–Trinajstić information content (AvgIpc) is 2.68. The standard InChI is InChI=1S/C20H19NO7/c1-3-27-19(23)16(20(24)28-4-2)14-11-8-12-15(17(14)21(25)26)18(22)13-9-6-5-7-10-13/h5-12,16H,3-4H2,1-2H3. The molecule has 0 saturated heterocycles. The van der Waals surface area contributed by atoms with Gasteiger partial charge in [-0.15, -0.1) is 0 Å². The van der Waals surface area contributed by atoms with E-state index in [4.69, 9.17) is 9.47 Å². The molecule has 0 atom stereocenters. The fraction of sp³-hybridized carbons (Fsp3) is 0.250.